The Bertz CT molecular complexity index is 198. The van der Waals surface area contributed by atoms with Crippen LogP contribution in [-0.4, -0.2) is 93.8 Å². The summed E-state index contributed by atoms with van der Waals surface area (Å²) in [4.78, 5) is 2.35. The summed E-state index contributed by atoms with van der Waals surface area (Å²) < 4.78 is 0. The first-order chi connectivity index (χ1) is 10.3. The zero-order chi connectivity index (χ0) is 15.6. The average molecular weight is 305 g/mol. The minimum absolute atomic E-state index is 0.239. The highest BCUT2D eigenvalue weighted by atomic mass is 16.3. The molecule has 0 fully saturated rings. The van der Waals surface area contributed by atoms with Crippen molar-refractivity contribution in [2.75, 3.05) is 78.7 Å². The van der Waals surface area contributed by atoms with Gasteiger partial charge in [-0.25, -0.2) is 0 Å². The molecule has 0 aromatic carbocycles. The van der Waals surface area contributed by atoms with Crippen LogP contribution in [0.3, 0.4) is 0 Å². The normalized spacial score (nSPS) is 11.4. The Morgan fingerprint density at radius 2 is 1.24 bits per heavy atom. The van der Waals surface area contributed by atoms with Crippen molar-refractivity contribution in [2.24, 2.45) is 5.73 Å². The van der Waals surface area contributed by atoms with E-state index in [1.165, 1.54) is 0 Å². The number of hydrogen-bond donors (Lipinski definition) is 6. The minimum Gasteiger partial charge on any atom is -0.396 e. The molecule has 0 spiro atoms. The highest BCUT2D eigenvalue weighted by Gasteiger charge is 2.03. The Balaban J connectivity index is 3.55. The van der Waals surface area contributed by atoms with Gasteiger partial charge in [-0.15, -0.1) is 0 Å². The Hall–Kier alpha value is -0.280. The van der Waals surface area contributed by atoms with Gasteiger partial charge in [0.25, 0.3) is 0 Å². The monoisotopic (exact) mass is 305 g/mol. The first-order valence-corrected chi connectivity index (χ1v) is 8.11. The van der Waals surface area contributed by atoms with Gasteiger partial charge in [-0.1, -0.05) is 0 Å². The zero-order valence-corrected chi connectivity index (χ0v) is 13.3. The summed E-state index contributed by atoms with van der Waals surface area (Å²) in [5, 5.41) is 27.6. The molecule has 21 heavy (non-hydrogen) atoms. The second-order valence-electron chi connectivity index (χ2n) is 5.03. The molecule has 128 valence electrons. The number of rotatable bonds is 17. The van der Waals surface area contributed by atoms with Gasteiger partial charge < -0.3 is 36.8 Å². The molecule has 0 aliphatic rings. The quantitative estimate of drug-likeness (QED) is 0.169. The number of aliphatic hydroxyl groups is 2. The number of nitrogens with zero attached hydrogens (tertiary/aromatic N) is 1. The summed E-state index contributed by atoms with van der Waals surface area (Å²) in [6.07, 6.45) is 1.61. The van der Waals surface area contributed by atoms with Gasteiger partial charge in [0.15, 0.2) is 0 Å². The van der Waals surface area contributed by atoms with E-state index in [4.69, 9.17) is 15.9 Å². The Labute approximate surface area is 129 Å². The maximum absolute atomic E-state index is 8.94. The summed E-state index contributed by atoms with van der Waals surface area (Å²) in [6, 6.07) is 0. The largest absolute Gasteiger partial charge is 0.396 e. The van der Waals surface area contributed by atoms with Crippen LogP contribution in [0, 0.1) is 0 Å². The number of nitrogens with two attached hydrogens (primary N) is 1. The predicted molar refractivity (Wildman–Crippen MR) is 87.5 cm³/mol. The fourth-order valence-electron chi connectivity index (χ4n) is 1.96. The summed E-state index contributed by atoms with van der Waals surface area (Å²) in [6.45, 7) is 9.52. The van der Waals surface area contributed by atoms with Crippen LogP contribution in [0.5, 0.6) is 0 Å². The van der Waals surface area contributed by atoms with Crippen LogP contribution in [0.1, 0.15) is 12.8 Å². The first kappa shape index (κ1) is 20.7. The predicted octanol–water partition coefficient (Wildman–Crippen LogP) is -2.22. The van der Waals surface area contributed by atoms with Crippen molar-refractivity contribution in [3.63, 3.8) is 0 Å². The molecule has 0 bridgehead atoms. The first-order valence-electron chi connectivity index (χ1n) is 8.11. The molecule has 0 saturated carbocycles. The lowest BCUT2D eigenvalue weighted by Crippen LogP contribution is -2.39. The third kappa shape index (κ3) is 15.9. The van der Waals surface area contributed by atoms with Crippen LogP contribution in [0.4, 0.5) is 0 Å². The van der Waals surface area contributed by atoms with Crippen LogP contribution in [0.2, 0.25) is 0 Å². The third-order valence-corrected chi connectivity index (χ3v) is 3.15. The van der Waals surface area contributed by atoms with E-state index in [1.54, 1.807) is 0 Å². The van der Waals surface area contributed by atoms with Crippen LogP contribution in [-0.2, 0) is 0 Å². The Morgan fingerprint density at radius 1 is 0.667 bits per heavy atom. The van der Waals surface area contributed by atoms with E-state index in [0.717, 1.165) is 71.7 Å². The molecule has 0 heterocycles. The standard InChI is InChI=1S/C14H35N5O2/c15-3-5-17-6-7-18-9-12-19(10-2-14-21)11-8-16-4-1-13-20/h16-18,20-21H,1-15H2. The van der Waals surface area contributed by atoms with Gasteiger partial charge in [-0.3, -0.25) is 0 Å². The van der Waals surface area contributed by atoms with Crippen LogP contribution < -0.4 is 21.7 Å². The van der Waals surface area contributed by atoms with Gasteiger partial charge in [0, 0.05) is 72.1 Å². The smallest absolute Gasteiger partial charge is 0.0443 e. The number of hydrogen-bond acceptors (Lipinski definition) is 7. The second kappa shape index (κ2) is 17.8. The van der Waals surface area contributed by atoms with E-state index < -0.39 is 0 Å². The molecule has 0 aliphatic heterocycles. The molecule has 0 radical (unpaired) electrons. The van der Waals surface area contributed by atoms with Crippen molar-refractivity contribution in [2.45, 2.75) is 12.8 Å². The molecule has 0 amide bonds. The van der Waals surface area contributed by atoms with Crippen molar-refractivity contribution in [3.8, 4) is 0 Å². The van der Waals surface area contributed by atoms with E-state index in [1.807, 2.05) is 0 Å². The molecule has 0 unspecified atom stereocenters. The van der Waals surface area contributed by atoms with Gasteiger partial charge in [-0.2, -0.15) is 0 Å². The van der Waals surface area contributed by atoms with Gasteiger partial charge in [0.1, 0.15) is 0 Å². The average Bonchev–Trinajstić information content (AvgIpc) is 2.50. The van der Waals surface area contributed by atoms with E-state index in [0.29, 0.717) is 6.54 Å². The van der Waals surface area contributed by atoms with E-state index >= 15 is 0 Å². The van der Waals surface area contributed by atoms with Crippen molar-refractivity contribution in [1.29, 1.82) is 0 Å². The van der Waals surface area contributed by atoms with Gasteiger partial charge in [0.05, 0.1) is 0 Å². The highest BCUT2D eigenvalue weighted by Crippen LogP contribution is 1.90. The summed E-state index contributed by atoms with van der Waals surface area (Å²) in [5.74, 6) is 0. The fraction of sp³-hybridized carbons (Fsp3) is 1.00. The molecule has 0 aromatic heterocycles. The zero-order valence-electron chi connectivity index (χ0n) is 13.3. The van der Waals surface area contributed by atoms with Crippen LogP contribution >= 0.6 is 0 Å². The van der Waals surface area contributed by atoms with E-state index in [9.17, 15) is 0 Å². The molecule has 0 aliphatic carbocycles. The van der Waals surface area contributed by atoms with Crippen molar-refractivity contribution in [1.82, 2.24) is 20.9 Å². The SMILES string of the molecule is NCCNCCNCCN(CCCO)CCNCCCO. The van der Waals surface area contributed by atoms with E-state index in [-0.39, 0.29) is 13.2 Å². The topological polar surface area (TPSA) is 106 Å². The number of nitrogens with one attached hydrogen (secondary N) is 3. The molecule has 0 atom stereocenters. The van der Waals surface area contributed by atoms with E-state index in [2.05, 4.69) is 20.9 Å². The molecular formula is C14H35N5O2. The lowest BCUT2D eigenvalue weighted by molar-refractivity contribution is 0.223. The molecule has 7 N–H and O–H groups in total. The minimum atomic E-state index is 0.239. The second-order valence-corrected chi connectivity index (χ2v) is 5.03. The molecule has 0 rings (SSSR count). The molecule has 0 saturated heterocycles. The lowest BCUT2D eigenvalue weighted by Gasteiger charge is -2.22. The summed E-state index contributed by atoms with van der Waals surface area (Å²) in [7, 11) is 0. The lowest BCUT2D eigenvalue weighted by atomic mass is 10.3. The third-order valence-electron chi connectivity index (χ3n) is 3.15. The highest BCUT2D eigenvalue weighted by molar-refractivity contribution is 4.63. The van der Waals surface area contributed by atoms with Crippen molar-refractivity contribution < 1.29 is 10.2 Å². The van der Waals surface area contributed by atoms with Crippen LogP contribution in [0.25, 0.3) is 0 Å². The Morgan fingerprint density at radius 3 is 1.81 bits per heavy atom. The van der Waals surface area contributed by atoms with Gasteiger partial charge in [0.2, 0.25) is 0 Å². The molecule has 0 aromatic rings. The van der Waals surface area contributed by atoms with Crippen molar-refractivity contribution >= 4 is 0 Å². The summed E-state index contributed by atoms with van der Waals surface area (Å²) in [5.41, 5.74) is 5.40. The summed E-state index contributed by atoms with van der Waals surface area (Å²) >= 11 is 0. The Kier molecular flexibility index (Phi) is 17.5. The molecule has 7 heteroatoms. The maximum Gasteiger partial charge on any atom is 0.0443 e. The fourth-order valence-corrected chi connectivity index (χ4v) is 1.96. The maximum atomic E-state index is 8.94. The number of aliphatic hydroxyl groups excluding tert-OH is 2. The van der Waals surface area contributed by atoms with Gasteiger partial charge in [-0.05, 0) is 19.4 Å². The molecule has 7 nitrogen and oxygen atoms in total. The molecular weight excluding hydrogens is 270 g/mol. The van der Waals surface area contributed by atoms with Crippen molar-refractivity contribution in [3.05, 3.63) is 0 Å². The van der Waals surface area contributed by atoms with Gasteiger partial charge >= 0.3 is 0 Å². The van der Waals surface area contributed by atoms with Crippen LogP contribution in [0.15, 0.2) is 0 Å².